The molecule has 37 heavy (non-hydrogen) atoms. The van der Waals surface area contributed by atoms with Gasteiger partial charge in [-0.3, -0.25) is 19.7 Å². The standard InChI is InChI=1S/C26H20Cl2N4O5/c1-15-6-7-20(8-16(15)2)30-24(33)14-37-25-22(27)10-17(11-23(25)28)9-18(13-29)26(34)31-19-4-3-5-21(12-19)32(35)36/h3-12H,14H2,1-2H3,(H,30,33)(H,31,34)/b18-9-. The van der Waals surface area contributed by atoms with Gasteiger partial charge < -0.3 is 15.4 Å². The van der Waals surface area contributed by atoms with Crippen molar-refractivity contribution >= 4 is 58.2 Å². The first-order valence-corrected chi connectivity index (χ1v) is 11.5. The lowest BCUT2D eigenvalue weighted by Gasteiger charge is -2.12. The number of aryl methyl sites for hydroxylation is 2. The molecule has 0 aliphatic rings. The highest BCUT2D eigenvalue weighted by Crippen LogP contribution is 2.35. The van der Waals surface area contributed by atoms with Crippen molar-refractivity contribution in [1.82, 2.24) is 0 Å². The van der Waals surface area contributed by atoms with Gasteiger partial charge in [-0.15, -0.1) is 0 Å². The van der Waals surface area contributed by atoms with E-state index < -0.39 is 16.7 Å². The van der Waals surface area contributed by atoms with Crippen LogP contribution in [0.1, 0.15) is 16.7 Å². The van der Waals surface area contributed by atoms with E-state index in [-0.39, 0.29) is 39.3 Å². The largest absolute Gasteiger partial charge is 0.481 e. The molecular formula is C26H20Cl2N4O5. The molecule has 3 aromatic carbocycles. The van der Waals surface area contributed by atoms with Crippen LogP contribution in [0.3, 0.4) is 0 Å². The van der Waals surface area contributed by atoms with Gasteiger partial charge in [-0.05, 0) is 66.9 Å². The van der Waals surface area contributed by atoms with Crippen molar-refractivity contribution in [2.75, 3.05) is 17.2 Å². The summed E-state index contributed by atoms with van der Waals surface area (Å²) < 4.78 is 5.50. The fourth-order valence-electron chi connectivity index (χ4n) is 3.17. The predicted octanol–water partition coefficient (Wildman–Crippen LogP) is 6.08. The Bertz CT molecular complexity index is 1440. The zero-order chi connectivity index (χ0) is 27.1. The summed E-state index contributed by atoms with van der Waals surface area (Å²) in [6, 6.07) is 15.4. The third kappa shape index (κ3) is 7.30. The molecule has 0 saturated carbocycles. The summed E-state index contributed by atoms with van der Waals surface area (Å²) >= 11 is 12.6. The van der Waals surface area contributed by atoms with E-state index in [1.807, 2.05) is 26.0 Å². The molecule has 3 aromatic rings. The van der Waals surface area contributed by atoms with Crippen molar-refractivity contribution < 1.29 is 19.2 Å². The summed E-state index contributed by atoms with van der Waals surface area (Å²) in [5, 5.41) is 25.7. The van der Waals surface area contributed by atoms with Crippen molar-refractivity contribution in [1.29, 1.82) is 5.26 Å². The maximum Gasteiger partial charge on any atom is 0.271 e. The Morgan fingerprint density at radius 3 is 2.32 bits per heavy atom. The van der Waals surface area contributed by atoms with E-state index in [0.29, 0.717) is 11.3 Å². The number of rotatable bonds is 8. The predicted molar refractivity (Wildman–Crippen MR) is 142 cm³/mol. The number of non-ortho nitro benzene ring substituents is 1. The van der Waals surface area contributed by atoms with Crippen molar-refractivity contribution in [3.8, 4) is 11.8 Å². The smallest absolute Gasteiger partial charge is 0.271 e. The van der Waals surface area contributed by atoms with Crippen molar-refractivity contribution in [3.63, 3.8) is 0 Å². The lowest BCUT2D eigenvalue weighted by atomic mass is 10.1. The third-order valence-electron chi connectivity index (χ3n) is 5.15. The second-order valence-electron chi connectivity index (χ2n) is 7.88. The van der Waals surface area contributed by atoms with Gasteiger partial charge in [-0.25, -0.2) is 0 Å². The van der Waals surface area contributed by atoms with Crippen molar-refractivity contribution in [2.45, 2.75) is 13.8 Å². The minimum Gasteiger partial charge on any atom is -0.481 e. The molecule has 0 atom stereocenters. The molecule has 2 amide bonds. The molecule has 0 heterocycles. The zero-order valence-electron chi connectivity index (χ0n) is 19.7. The van der Waals surface area contributed by atoms with Crippen LogP contribution in [0.4, 0.5) is 17.1 Å². The molecule has 0 fully saturated rings. The van der Waals surface area contributed by atoms with Gasteiger partial charge in [0.25, 0.3) is 17.5 Å². The van der Waals surface area contributed by atoms with Crippen LogP contribution in [0.2, 0.25) is 10.0 Å². The number of anilines is 2. The second-order valence-corrected chi connectivity index (χ2v) is 8.70. The molecule has 188 valence electrons. The van der Waals surface area contributed by atoms with Crippen molar-refractivity contribution in [2.24, 2.45) is 0 Å². The van der Waals surface area contributed by atoms with Crippen LogP contribution in [-0.4, -0.2) is 23.3 Å². The summed E-state index contributed by atoms with van der Waals surface area (Å²) in [4.78, 5) is 35.1. The number of hydrogen-bond donors (Lipinski definition) is 2. The molecular weight excluding hydrogens is 519 g/mol. The van der Waals surface area contributed by atoms with E-state index in [0.717, 1.165) is 11.1 Å². The highest BCUT2D eigenvalue weighted by atomic mass is 35.5. The molecule has 0 radical (unpaired) electrons. The van der Waals surface area contributed by atoms with Gasteiger partial charge in [0, 0.05) is 23.5 Å². The minimum absolute atomic E-state index is 0.0640. The van der Waals surface area contributed by atoms with E-state index in [1.165, 1.54) is 42.5 Å². The molecule has 0 aliphatic carbocycles. The monoisotopic (exact) mass is 538 g/mol. The summed E-state index contributed by atoms with van der Waals surface area (Å²) in [5.41, 5.74) is 2.73. The Morgan fingerprint density at radius 2 is 1.70 bits per heavy atom. The molecule has 0 saturated heterocycles. The van der Waals surface area contributed by atoms with Gasteiger partial charge in [0.15, 0.2) is 12.4 Å². The van der Waals surface area contributed by atoms with E-state index in [1.54, 1.807) is 12.1 Å². The summed E-state index contributed by atoms with van der Waals surface area (Å²) in [6.45, 7) is 3.55. The minimum atomic E-state index is -0.779. The van der Waals surface area contributed by atoms with Crippen LogP contribution >= 0.6 is 23.2 Å². The summed E-state index contributed by atoms with van der Waals surface area (Å²) in [7, 11) is 0. The number of nitrogens with zero attached hydrogens (tertiary/aromatic N) is 2. The quantitative estimate of drug-likeness (QED) is 0.154. The molecule has 0 aliphatic heterocycles. The van der Waals surface area contributed by atoms with E-state index in [2.05, 4.69) is 10.6 Å². The Hall–Kier alpha value is -4.39. The first-order valence-electron chi connectivity index (χ1n) is 10.7. The zero-order valence-corrected chi connectivity index (χ0v) is 21.2. The third-order valence-corrected chi connectivity index (χ3v) is 5.71. The van der Waals surface area contributed by atoms with Gasteiger partial charge in [0.05, 0.1) is 15.0 Å². The molecule has 0 unspecified atom stereocenters. The maximum absolute atomic E-state index is 12.5. The first kappa shape index (κ1) is 27.2. The Balaban J connectivity index is 1.70. The lowest BCUT2D eigenvalue weighted by molar-refractivity contribution is -0.384. The molecule has 9 nitrogen and oxygen atoms in total. The number of carbonyl (C=O) groups is 2. The normalized spacial score (nSPS) is 10.8. The molecule has 11 heteroatoms. The number of benzene rings is 3. The summed E-state index contributed by atoms with van der Waals surface area (Å²) in [5.74, 6) is -1.13. The van der Waals surface area contributed by atoms with Crippen LogP contribution in [0.15, 0.2) is 60.2 Å². The van der Waals surface area contributed by atoms with Gasteiger partial charge in [0.2, 0.25) is 0 Å². The number of ether oxygens (including phenoxy) is 1. The topological polar surface area (TPSA) is 134 Å². The van der Waals surface area contributed by atoms with Crippen LogP contribution in [-0.2, 0) is 9.59 Å². The number of nitro groups is 1. The molecule has 0 aromatic heterocycles. The van der Waals surface area contributed by atoms with Crippen LogP contribution < -0.4 is 15.4 Å². The van der Waals surface area contributed by atoms with Gasteiger partial charge >= 0.3 is 0 Å². The molecule has 2 N–H and O–H groups in total. The number of hydrogen-bond acceptors (Lipinski definition) is 6. The average Bonchev–Trinajstić information content (AvgIpc) is 2.84. The Kier molecular flexibility index (Phi) is 8.85. The fraction of sp³-hybridized carbons (Fsp3) is 0.115. The number of nitro benzene ring substituents is 1. The highest BCUT2D eigenvalue weighted by molar-refractivity contribution is 6.37. The molecule has 3 rings (SSSR count). The maximum atomic E-state index is 12.5. The number of halogens is 2. The number of nitrogens with one attached hydrogen (secondary N) is 2. The number of carbonyl (C=O) groups excluding carboxylic acids is 2. The van der Waals surface area contributed by atoms with Crippen LogP contribution in [0.5, 0.6) is 5.75 Å². The SMILES string of the molecule is Cc1ccc(NC(=O)COc2c(Cl)cc(/C=C(/C#N)C(=O)Nc3cccc([N+](=O)[O-])c3)cc2Cl)cc1C. The van der Waals surface area contributed by atoms with Gasteiger partial charge in [0.1, 0.15) is 11.6 Å². The second kappa shape index (κ2) is 12.0. The van der Waals surface area contributed by atoms with Crippen LogP contribution in [0.25, 0.3) is 6.08 Å². The fourth-order valence-corrected chi connectivity index (χ4v) is 3.78. The molecule has 0 bridgehead atoms. The molecule has 0 spiro atoms. The van der Waals surface area contributed by atoms with Crippen LogP contribution in [0, 0.1) is 35.3 Å². The Morgan fingerprint density at radius 1 is 1.03 bits per heavy atom. The number of nitriles is 1. The van der Waals surface area contributed by atoms with E-state index >= 15 is 0 Å². The van der Waals surface area contributed by atoms with E-state index in [9.17, 15) is 25.0 Å². The van der Waals surface area contributed by atoms with Crippen molar-refractivity contribution in [3.05, 3.63) is 97.0 Å². The highest BCUT2D eigenvalue weighted by Gasteiger charge is 2.15. The lowest BCUT2D eigenvalue weighted by Crippen LogP contribution is -2.20. The van der Waals surface area contributed by atoms with E-state index in [4.69, 9.17) is 27.9 Å². The Labute approximate surface area is 222 Å². The first-order chi connectivity index (χ1) is 17.6. The van der Waals surface area contributed by atoms with Gasteiger partial charge in [-0.1, -0.05) is 35.3 Å². The summed E-state index contributed by atoms with van der Waals surface area (Å²) in [6.07, 6.45) is 1.25. The average molecular weight is 539 g/mol. The van der Waals surface area contributed by atoms with Gasteiger partial charge in [-0.2, -0.15) is 5.26 Å². The number of amides is 2.